The summed E-state index contributed by atoms with van der Waals surface area (Å²) >= 11 is 0. The first-order valence-corrected chi connectivity index (χ1v) is 6.60. The van der Waals surface area contributed by atoms with Crippen LogP contribution in [0.4, 0.5) is 15.8 Å². The molecule has 5 nitrogen and oxygen atoms in total. The Bertz CT molecular complexity index is 485. The molecular weight excluding hydrogens is 263 g/mol. The molecule has 0 spiro atoms. The van der Waals surface area contributed by atoms with Crippen molar-refractivity contribution in [1.82, 2.24) is 0 Å². The second-order valence-corrected chi connectivity index (χ2v) is 5.03. The van der Waals surface area contributed by atoms with Gasteiger partial charge >= 0.3 is 0 Å². The molecule has 0 aromatic heterocycles. The summed E-state index contributed by atoms with van der Waals surface area (Å²) in [6, 6.07) is 4.51. The molecule has 110 valence electrons. The van der Waals surface area contributed by atoms with Crippen molar-refractivity contribution in [3.05, 3.63) is 24.0 Å². The van der Waals surface area contributed by atoms with Crippen molar-refractivity contribution in [2.45, 2.75) is 26.1 Å². The van der Waals surface area contributed by atoms with Gasteiger partial charge in [0, 0.05) is 18.8 Å². The number of hydrogen-bond donors (Lipinski definition) is 2. The predicted molar refractivity (Wildman–Crippen MR) is 74.3 cm³/mol. The molecule has 2 unspecified atom stereocenters. The van der Waals surface area contributed by atoms with Gasteiger partial charge in [-0.3, -0.25) is 4.79 Å². The number of anilines is 2. The van der Waals surface area contributed by atoms with Crippen LogP contribution in [0.5, 0.6) is 0 Å². The van der Waals surface area contributed by atoms with E-state index in [1.807, 2.05) is 18.7 Å². The molecule has 0 bridgehead atoms. The molecule has 6 heteroatoms. The maximum atomic E-state index is 14.1. The van der Waals surface area contributed by atoms with Crippen molar-refractivity contribution < 1.29 is 19.0 Å². The Morgan fingerprint density at radius 2 is 2.10 bits per heavy atom. The summed E-state index contributed by atoms with van der Waals surface area (Å²) in [7, 11) is 0. The first kappa shape index (κ1) is 14.7. The highest BCUT2D eigenvalue weighted by Gasteiger charge is 2.24. The fourth-order valence-corrected chi connectivity index (χ4v) is 2.42. The molecule has 1 aliphatic rings. The van der Waals surface area contributed by atoms with Crippen LogP contribution in [0.15, 0.2) is 18.2 Å². The van der Waals surface area contributed by atoms with E-state index in [9.17, 15) is 9.18 Å². The van der Waals surface area contributed by atoms with Gasteiger partial charge in [-0.25, -0.2) is 4.39 Å². The van der Waals surface area contributed by atoms with Gasteiger partial charge < -0.3 is 20.1 Å². The number of amides is 1. The van der Waals surface area contributed by atoms with Crippen LogP contribution >= 0.6 is 0 Å². The molecule has 2 rings (SSSR count). The number of rotatable bonds is 3. The quantitative estimate of drug-likeness (QED) is 0.879. The lowest BCUT2D eigenvalue weighted by atomic mass is 10.2. The molecule has 1 heterocycles. The third-order valence-electron chi connectivity index (χ3n) is 3.14. The minimum atomic E-state index is -0.623. The maximum absolute atomic E-state index is 14.1. The van der Waals surface area contributed by atoms with E-state index in [1.54, 1.807) is 12.1 Å². The number of halogens is 1. The summed E-state index contributed by atoms with van der Waals surface area (Å²) in [6.45, 7) is 4.54. The molecule has 1 aromatic rings. The lowest BCUT2D eigenvalue weighted by Crippen LogP contribution is -2.45. The molecule has 0 saturated carbocycles. The number of nitrogens with zero attached hydrogens (tertiary/aromatic N) is 1. The summed E-state index contributed by atoms with van der Waals surface area (Å²) < 4.78 is 19.8. The van der Waals surface area contributed by atoms with Gasteiger partial charge in [0.25, 0.3) is 0 Å². The summed E-state index contributed by atoms with van der Waals surface area (Å²) in [5.74, 6) is -0.965. The van der Waals surface area contributed by atoms with Gasteiger partial charge in [-0.05, 0) is 32.0 Å². The van der Waals surface area contributed by atoms with Crippen LogP contribution in [0.3, 0.4) is 0 Å². The van der Waals surface area contributed by atoms with Crippen molar-refractivity contribution in [2.75, 3.05) is 29.9 Å². The van der Waals surface area contributed by atoms with Gasteiger partial charge in [-0.1, -0.05) is 0 Å². The SMILES string of the molecule is CC1CN(c2ccc(NC(=O)CO)cc2F)CC(C)O1. The Hall–Kier alpha value is -1.66. The minimum Gasteiger partial charge on any atom is -0.387 e. The van der Waals surface area contributed by atoms with Gasteiger partial charge in [0.05, 0.1) is 17.9 Å². The van der Waals surface area contributed by atoms with Gasteiger partial charge in [0.15, 0.2) is 0 Å². The first-order valence-electron chi connectivity index (χ1n) is 6.60. The largest absolute Gasteiger partial charge is 0.387 e. The number of nitrogens with one attached hydrogen (secondary N) is 1. The van der Waals surface area contributed by atoms with Crippen LogP contribution in [0.2, 0.25) is 0 Å². The van der Waals surface area contributed by atoms with E-state index in [0.29, 0.717) is 24.5 Å². The molecule has 0 aliphatic carbocycles. The van der Waals surface area contributed by atoms with Gasteiger partial charge in [-0.2, -0.15) is 0 Å². The molecule has 2 N–H and O–H groups in total. The molecule has 1 aromatic carbocycles. The highest BCUT2D eigenvalue weighted by atomic mass is 19.1. The summed E-state index contributed by atoms with van der Waals surface area (Å²) in [5.41, 5.74) is 0.827. The van der Waals surface area contributed by atoms with Crippen LogP contribution in [0.25, 0.3) is 0 Å². The molecular formula is C14H19FN2O3. The number of carbonyl (C=O) groups is 1. The second-order valence-electron chi connectivity index (χ2n) is 5.03. The van der Waals surface area contributed by atoms with E-state index >= 15 is 0 Å². The van der Waals surface area contributed by atoms with Crippen molar-refractivity contribution in [2.24, 2.45) is 0 Å². The monoisotopic (exact) mass is 282 g/mol. The summed E-state index contributed by atoms with van der Waals surface area (Å²) in [5, 5.41) is 11.1. The molecule has 1 amide bonds. The van der Waals surface area contributed by atoms with Crippen LogP contribution in [-0.2, 0) is 9.53 Å². The first-order chi connectivity index (χ1) is 9.49. The van der Waals surface area contributed by atoms with Gasteiger partial charge in [0.2, 0.25) is 5.91 Å². The van der Waals surface area contributed by atoms with E-state index < -0.39 is 18.3 Å². The second kappa shape index (κ2) is 6.19. The smallest absolute Gasteiger partial charge is 0.250 e. The van der Waals surface area contributed by atoms with Crippen molar-refractivity contribution in [3.63, 3.8) is 0 Å². The van der Waals surface area contributed by atoms with E-state index in [4.69, 9.17) is 9.84 Å². The molecule has 1 saturated heterocycles. The number of hydrogen-bond acceptors (Lipinski definition) is 4. The van der Waals surface area contributed by atoms with Crippen molar-refractivity contribution in [3.8, 4) is 0 Å². The zero-order valence-electron chi connectivity index (χ0n) is 11.6. The summed E-state index contributed by atoms with van der Waals surface area (Å²) in [6.07, 6.45) is 0.0961. The topological polar surface area (TPSA) is 61.8 Å². The van der Waals surface area contributed by atoms with E-state index in [1.165, 1.54) is 6.07 Å². The van der Waals surface area contributed by atoms with E-state index in [0.717, 1.165) is 0 Å². The Morgan fingerprint density at radius 1 is 1.45 bits per heavy atom. The van der Waals surface area contributed by atoms with Crippen LogP contribution in [-0.4, -0.2) is 42.9 Å². The summed E-state index contributed by atoms with van der Waals surface area (Å²) in [4.78, 5) is 13.0. The number of carbonyl (C=O) groups excluding carboxylic acids is 1. The third-order valence-corrected chi connectivity index (χ3v) is 3.14. The van der Waals surface area contributed by atoms with Crippen LogP contribution < -0.4 is 10.2 Å². The number of aliphatic hydroxyl groups is 1. The van der Waals surface area contributed by atoms with Crippen LogP contribution in [0, 0.1) is 5.82 Å². The number of benzene rings is 1. The Labute approximate surface area is 117 Å². The van der Waals surface area contributed by atoms with Crippen molar-refractivity contribution >= 4 is 17.3 Å². The Morgan fingerprint density at radius 3 is 2.65 bits per heavy atom. The molecule has 20 heavy (non-hydrogen) atoms. The van der Waals surface area contributed by atoms with E-state index in [-0.39, 0.29) is 12.2 Å². The zero-order valence-corrected chi connectivity index (χ0v) is 11.6. The number of aliphatic hydroxyl groups excluding tert-OH is 1. The lowest BCUT2D eigenvalue weighted by Gasteiger charge is -2.37. The van der Waals surface area contributed by atoms with Crippen molar-refractivity contribution in [1.29, 1.82) is 0 Å². The number of morpholine rings is 1. The molecule has 1 fully saturated rings. The van der Waals surface area contributed by atoms with Gasteiger partial charge in [-0.15, -0.1) is 0 Å². The normalized spacial score (nSPS) is 22.7. The highest BCUT2D eigenvalue weighted by Crippen LogP contribution is 2.26. The predicted octanol–water partition coefficient (Wildman–Crippen LogP) is 1.37. The standard InChI is InChI=1S/C14H19FN2O3/c1-9-6-17(7-10(2)20-9)13-4-3-11(5-12(13)15)16-14(19)8-18/h3-5,9-10,18H,6-8H2,1-2H3,(H,16,19). The molecule has 0 radical (unpaired) electrons. The average molecular weight is 282 g/mol. The molecule has 2 atom stereocenters. The molecule has 1 aliphatic heterocycles. The average Bonchev–Trinajstić information content (AvgIpc) is 2.37. The number of ether oxygens (including phenoxy) is 1. The fourth-order valence-electron chi connectivity index (χ4n) is 2.42. The Kier molecular flexibility index (Phi) is 4.57. The van der Waals surface area contributed by atoms with E-state index in [2.05, 4.69) is 5.32 Å². The lowest BCUT2D eigenvalue weighted by molar-refractivity contribution is -0.118. The Balaban J connectivity index is 2.15. The van der Waals surface area contributed by atoms with Gasteiger partial charge in [0.1, 0.15) is 12.4 Å². The third kappa shape index (κ3) is 3.46. The highest BCUT2D eigenvalue weighted by molar-refractivity contribution is 5.91. The minimum absolute atomic E-state index is 0.0481. The van der Waals surface area contributed by atoms with Crippen LogP contribution in [0.1, 0.15) is 13.8 Å². The zero-order chi connectivity index (χ0) is 14.7. The maximum Gasteiger partial charge on any atom is 0.250 e. The fraction of sp³-hybridized carbons (Fsp3) is 0.500.